The van der Waals surface area contributed by atoms with E-state index in [2.05, 4.69) is 17.2 Å². The molecule has 17 heavy (non-hydrogen) atoms. The third-order valence-corrected chi connectivity index (χ3v) is 2.15. The predicted molar refractivity (Wildman–Crippen MR) is 69.0 cm³/mol. The maximum atomic E-state index is 11.3. The molecule has 0 fully saturated rings. The van der Waals surface area contributed by atoms with Crippen molar-refractivity contribution in [1.82, 2.24) is 0 Å². The zero-order valence-corrected chi connectivity index (χ0v) is 10.1. The highest BCUT2D eigenvalue weighted by Gasteiger charge is 2.00. The highest BCUT2D eigenvalue weighted by atomic mass is 35.5. The van der Waals surface area contributed by atoms with Crippen LogP contribution in [0.25, 0.3) is 0 Å². The van der Waals surface area contributed by atoms with Crippen molar-refractivity contribution in [2.24, 2.45) is 0 Å². The number of hydrogen-bond donors (Lipinski definition) is 2. The van der Waals surface area contributed by atoms with Crippen molar-refractivity contribution in [3.63, 3.8) is 0 Å². The van der Waals surface area contributed by atoms with Gasteiger partial charge in [0.25, 0.3) is 0 Å². The fraction of sp³-hybridized carbons (Fsp3) is 0.308. The lowest BCUT2D eigenvalue weighted by atomic mass is 10.2. The molecule has 0 unspecified atom stereocenters. The number of carbonyl (C=O) groups is 1. The summed E-state index contributed by atoms with van der Waals surface area (Å²) in [6.45, 7) is 0.0690. The molecule has 0 bridgehead atoms. The molecule has 0 saturated carbocycles. The van der Waals surface area contributed by atoms with Crippen molar-refractivity contribution in [1.29, 1.82) is 0 Å². The van der Waals surface area contributed by atoms with Gasteiger partial charge in [-0.1, -0.05) is 11.8 Å². The molecule has 1 aromatic rings. The van der Waals surface area contributed by atoms with E-state index in [0.717, 1.165) is 11.3 Å². The second-order valence-electron chi connectivity index (χ2n) is 3.34. The minimum Gasteiger partial charge on any atom is -0.395 e. The minimum absolute atomic E-state index is 0.0690. The van der Waals surface area contributed by atoms with E-state index in [1.807, 2.05) is 12.1 Å². The van der Waals surface area contributed by atoms with Gasteiger partial charge in [-0.15, -0.1) is 11.6 Å². The molecule has 0 radical (unpaired) electrons. The molecule has 4 heteroatoms. The van der Waals surface area contributed by atoms with Gasteiger partial charge in [-0.25, -0.2) is 0 Å². The quantitative estimate of drug-likeness (QED) is 0.635. The Morgan fingerprint density at radius 3 is 2.65 bits per heavy atom. The van der Waals surface area contributed by atoms with Crippen LogP contribution in [0.15, 0.2) is 24.3 Å². The second-order valence-corrected chi connectivity index (χ2v) is 3.72. The Kier molecular flexibility index (Phi) is 6.16. The molecule has 0 aliphatic heterocycles. The number of rotatable bonds is 4. The van der Waals surface area contributed by atoms with E-state index < -0.39 is 0 Å². The van der Waals surface area contributed by atoms with Crippen LogP contribution in [-0.4, -0.2) is 23.5 Å². The van der Waals surface area contributed by atoms with Crippen LogP contribution in [0, 0.1) is 11.8 Å². The van der Waals surface area contributed by atoms with E-state index in [9.17, 15) is 4.79 Å². The first kappa shape index (κ1) is 13.6. The first-order chi connectivity index (χ1) is 8.26. The summed E-state index contributed by atoms with van der Waals surface area (Å²) in [6, 6.07) is 7.21. The Hall–Kier alpha value is -1.50. The first-order valence-corrected chi connectivity index (χ1v) is 5.85. The number of halogens is 1. The molecule has 1 amide bonds. The third kappa shape index (κ3) is 5.39. The number of aliphatic hydroxyl groups excluding tert-OH is 1. The molecule has 1 rings (SSSR count). The maximum Gasteiger partial charge on any atom is 0.225 e. The van der Waals surface area contributed by atoms with Gasteiger partial charge in [0.1, 0.15) is 0 Å². The molecule has 0 saturated heterocycles. The molecule has 0 aromatic heterocycles. The van der Waals surface area contributed by atoms with E-state index in [4.69, 9.17) is 16.7 Å². The average Bonchev–Trinajstić information content (AvgIpc) is 2.32. The van der Waals surface area contributed by atoms with Crippen LogP contribution in [-0.2, 0) is 4.79 Å². The molecule has 0 heterocycles. The zero-order chi connectivity index (χ0) is 12.5. The summed E-state index contributed by atoms with van der Waals surface area (Å²) in [5.41, 5.74) is 1.58. The van der Waals surface area contributed by atoms with Gasteiger partial charge in [-0.3, -0.25) is 4.79 Å². The smallest absolute Gasteiger partial charge is 0.225 e. The number of nitrogens with one attached hydrogen (secondary N) is 1. The number of alkyl halides is 1. The second kappa shape index (κ2) is 7.72. The van der Waals surface area contributed by atoms with Crippen LogP contribution in [0.3, 0.4) is 0 Å². The summed E-state index contributed by atoms with van der Waals surface area (Å²) in [6.07, 6.45) is 0.772. The van der Waals surface area contributed by atoms with Crippen molar-refractivity contribution >= 4 is 23.2 Å². The van der Waals surface area contributed by atoms with Crippen LogP contribution in [0.2, 0.25) is 0 Å². The summed E-state index contributed by atoms with van der Waals surface area (Å²) >= 11 is 5.46. The standard InChI is InChI=1S/C13H14ClNO2/c14-9-8-13(17)15-12-6-4-11(5-7-12)3-1-2-10-16/h4-7,16H,2,8-10H2,(H,15,17). The van der Waals surface area contributed by atoms with Gasteiger partial charge in [0.05, 0.1) is 6.61 Å². The number of aliphatic hydroxyl groups is 1. The molecule has 90 valence electrons. The number of carbonyl (C=O) groups excluding carboxylic acids is 1. The van der Waals surface area contributed by atoms with Crippen LogP contribution in [0.4, 0.5) is 5.69 Å². The monoisotopic (exact) mass is 251 g/mol. The summed E-state index contributed by atoms with van der Waals surface area (Å²) in [5.74, 6) is 5.95. The van der Waals surface area contributed by atoms with Crippen molar-refractivity contribution in [3.8, 4) is 11.8 Å². The summed E-state index contributed by atoms with van der Waals surface area (Å²) < 4.78 is 0. The predicted octanol–water partition coefficient (Wildman–Crippen LogP) is 1.99. The van der Waals surface area contributed by atoms with Crippen molar-refractivity contribution in [3.05, 3.63) is 29.8 Å². The van der Waals surface area contributed by atoms with Gasteiger partial charge in [0.2, 0.25) is 5.91 Å². The lowest BCUT2D eigenvalue weighted by Crippen LogP contribution is -2.11. The van der Waals surface area contributed by atoms with E-state index >= 15 is 0 Å². The zero-order valence-electron chi connectivity index (χ0n) is 9.37. The molecule has 2 N–H and O–H groups in total. The van der Waals surface area contributed by atoms with Gasteiger partial charge in [0.15, 0.2) is 0 Å². The average molecular weight is 252 g/mol. The highest BCUT2D eigenvalue weighted by Crippen LogP contribution is 2.09. The van der Waals surface area contributed by atoms with Gasteiger partial charge >= 0.3 is 0 Å². The number of amides is 1. The number of anilines is 1. The number of hydrogen-bond acceptors (Lipinski definition) is 2. The number of benzene rings is 1. The van der Waals surface area contributed by atoms with E-state index in [-0.39, 0.29) is 12.5 Å². The Balaban J connectivity index is 2.56. The van der Waals surface area contributed by atoms with Gasteiger partial charge < -0.3 is 10.4 Å². The fourth-order valence-corrected chi connectivity index (χ4v) is 1.34. The lowest BCUT2D eigenvalue weighted by Gasteiger charge is -2.03. The van der Waals surface area contributed by atoms with Gasteiger partial charge in [-0.2, -0.15) is 0 Å². The lowest BCUT2D eigenvalue weighted by molar-refractivity contribution is -0.115. The summed E-state index contributed by atoms with van der Waals surface area (Å²) in [5, 5.41) is 11.3. The topological polar surface area (TPSA) is 49.3 Å². The normalized spacial score (nSPS) is 9.29. The Morgan fingerprint density at radius 1 is 1.35 bits per heavy atom. The largest absolute Gasteiger partial charge is 0.395 e. The molecule has 0 aliphatic carbocycles. The van der Waals surface area contributed by atoms with E-state index in [0.29, 0.717) is 18.7 Å². The molecule has 1 aromatic carbocycles. The Bertz CT molecular complexity index is 417. The van der Waals surface area contributed by atoms with E-state index in [1.165, 1.54) is 0 Å². The fourth-order valence-electron chi connectivity index (χ4n) is 1.17. The van der Waals surface area contributed by atoms with Gasteiger partial charge in [-0.05, 0) is 24.3 Å². The SMILES string of the molecule is O=C(CCCl)Nc1ccc(C#CCCO)cc1. The Morgan fingerprint density at radius 2 is 2.06 bits per heavy atom. The third-order valence-electron chi connectivity index (χ3n) is 1.96. The van der Waals surface area contributed by atoms with Crippen molar-refractivity contribution in [2.75, 3.05) is 17.8 Å². The molecule has 0 atom stereocenters. The van der Waals surface area contributed by atoms with E-state index in [1.54, 1.807) is 12.1 Å². The highest BCUT2D eigenvalue weighted by molar-refractivity contribution is 6.19. The van der Waals surface area contributed by atoms with Crippen LogP contribution >= 0.6 is 11.6 Å². The Labute approximate surface area is 106 Å². The van der Waals surface area contributed by atoms with Crippen molar-refractivity contribution in [2.45, 2.75) is 12.8 Å². The van der Waals surface area contributed by atoms with Crippen LogP contribution in [0.1, 0.15) is 18.4 Å². The first-order valence-electron chi connectivity index (χ1n) is 5.32. The molecule has 3 nitrogen and oxygen atoms in total. The molecular weight excluding hydrogens is 238 g/mol. The summed E-state index contributed by atoms with van der Waals surface area (Å²) in [7, 11) is 0. The van der Waals surface area contributed by atoms with Gasteiger partial charge in [0, 0.05) is 30.0 Å². The molecule has 0 spiro atoms. The molecular formula is C13H14ClNO2. The van der Waals surface area contributed by atoms with Crippen LogP contribution < -0.4 is 5.32 Å². The maximum absolute atomic E-state index is 11.3. The van der Waals surface area contributed by atoms with Crippen LogP contribution in [0.5, 0.6) is 0 Å². The van der Waals surface area contributed by atoms with Crippen molar-refractivity contribution < 1.29 is 9.90 Å². The molecule has 0 aliphatic rings. The minimum atomic E-state index is -0.0980. The summed E-state index contributed by atoms with van der Waals surface area (Å²) in [4.78, 5) is 11.3.